The van der Waals surface area contributed by atoms with Gasteiger partial charge in [0.2, 0.25) is 0 Å². The van der Waals surface area contributed by atoms with Gasteiger partial charge in [-0.2, -0.15) is 0 Å². The third-order valence-corrected chi connectivity index (χ3v) is 4.45. The number of methoxy groups -OCH3 is 1. The summed E-state index contributed by atoms with van der Waals surface area (Å²) in [5.74, 6) is 1.99. The lowest BCUT2D eigenvalue weighted by Crippen LogP contribution is -2.27. The zero-order chi connectivity index (χ0) is 13.8. The van der Waals surface area contributed by atoms with E-state index in [1.807, 2.05) is 25.1 Å². The lowest BCUT2D eigenvalue weighted by Gasteiger charge is -2.29. The molecule has 0 radical (unpaired) electrons. The van der Waals surface area contributed by atoms with Crippen molar-refractivity contribution in [1.82, 2.24) is 0 Å². The molecule has 19 heavy (non-hydrogen) atoms. The molecular weight excluding hydrogens is 236 g/mol. The van der Waals surface area contributed by atoms with E-state index in [1.54, 1.807) is 7.11 Å². The van der Waals surface area contributed by atoms with Crippen molar-refractivity contribution in [2.24, 2.45) is 11.8 Å². The molecule has 1 saturated carbocycles. The highest BCUT2D eigenvalue weighted by molar-refractivity contribution is 5.98. The molecule has 2 atom stereocenters. The normalized spacial score (nSPS) is 23.1. The molecule has 1 fully saturated rings. The highest BCUT2D eigenvalue weighted by atomic mass is 16.5. The summed E-state index contributed by atoms with van der Waals surface area (Å²) in [6.45, 7) is 4.20. The summed E-state index contributed by atoms with van der Waals surface area (Å²) in [6.07, 6.45) is 5.86. The van der Waals surface area contributed by atoms with E-state index in [0.717, 1.165) is 29.7 Å². The number of hydrogen-bond donors (Lipinski definition) is 0. The molecule has 0 amide bonds. The molecule has 2 heteroatoms. The number of ether oxygens (including phenoxy) is 1. The number of aryl methyl sites for hydroxylation is 1. The van der Waals surface area contributed by atoms with Gasteiger partial charge in [-0.3, -0.25) is 4.79 Å². The van der Waals surface area contributed by atoms with Crippen LogP contribution in [0.2, 0.25) is 0 Å². The van der Waals surface area contributed by atoms with Crippen LogP contribution in [-0.2, 0) is 0 Å². The zero-order valence-corrected chi connectivity index (χ0v) is 12.2. The molecule has 1 aromatic carbocycles. The van der Waals surface area contributed by atoms with Crippen LogP contribution in [-0.4, -0.2) is 12.9 Å². The molecule has 0 aromatic heterocycles. The molecule has 0 aliphatic heterocycles. The van der Waals surface area contributed by atoms with Crippen LogP contribution in [0.1, 0.15) is 54.9 Å². The molecule has 2 nitrogen and oxygen atoms in total. The topological polar surface area (TPSA) is 26.3 Å². The van der Waals surface area contributed by atoms with Gasteiger partial charge in [-0.05, 0) is 49.4 Å². The van der Waals surface area contributed by atoms with Crippen molar-refractivity contribution in [3.63, 3.8) is 0 Å². The SMILES string of the molecule is CCC1CCCCC1C(=O)c1ccc(OC)c(C)c1. The van der Waals surface area contributed by atoms with E-state index >= 15 is 0 Å². The van der Waals surface area contributed by atoms with Crippen LogP contribution in [0.5, 0.6) is 5.75 Å². The molecule has 1 aromatic rings. The second-order valence-corrected chi connectivity index (χ2v) is 5.61. The van der Waals surface area contributed by atoms with Crippen LogP contribution in [0.25, 0.3) is 0 Å². The molecule has 1 aliphatic rings. The first-order valence-electron chi connectivity index (χ1n) is 7.36. The number of Topliss-reactive ketones (excluding diaryl/α,β-unsaturated/α-hetero) is 1. The summed E-state index contributed by atoms with van der Waals surface area (Å²) >= 11 is 0. The van der Waals surface area contributed by atoms with Gasteiger partial charge in [-0.1, -0.05) is 26.2 Å². The summed E-state index contributed by atoms with van der Waals surface area (Å²) in [5.41, 5.74) is 1.89. The van der Waals surface area contributed by atoms with Gasteiger partial charge in [0.05, 0.1) is 7.11 Å². The fraction of sp³-hybridized carbons (Fsp3) is 0.588. The first kappa shape index (κ1) is 14.1. The third kappa shape index (κ3) is 2.99. The van der Waals surface area contributed by atoms with E-state index < -0.39 is 0 Å². The van der Waals surface area contributed by atoms with Crippen molar-refractivity contribution >= 4 is 5.78 Å². The van der Waals surface area contributed by atoms with Gasteiger partial charge in [-0.25, -0.2) is 0 Å². The van der Waals surface area contributed by atoms with E-state index in [9.17, 15) is 4.79 Å². The predicted octanol–water partition coefficient (Wildman–Crippen LogP) is 4.40. The number of carbonyl (C=O) groups is 1. The number of rotatable bonds is 4. The summed E-state index contributed by atoms with van der Waals surface area (Å²) in [7, 11) is 1.66. The van der Waals surface area contributed by atoms with E-state index in [1.165, 1.54) is 19.3 Å². The Hall–Kier alpha value is -1.31. The van der Waals surface area contributed by atoms with Gasteiger partial charge >= 0.3 is 0 Å². The predicted molar refractivity (Wildman–Crippen MR) is 77.8 cm³/mol. The third-order valence-electron chi connectivity index (χ3n) is 4.45. The lowest BCUT2D eigenvalue weighted by atomic mass is 9.74. The van der Waals surface area contributed by atoms with Crippen LogP contribution in [0.3, 0.4) is 0 Å². The summed E-state index contributed by atoms with van der Waals surface area (Å²) < 4.78 is 5.26. The minimum atomic E-state index is 0.228. The first-order chi connectivity index (χ1) is 9.17. The van der Waals surface area contributed by atoms with Crippen molar-refractivity contribution in [2.75, 3.05) is 7.11 Å². The highest BCUT2D eigenvalue weighted by Gasteiger charge is 2.30. The highest BCUT2D eigenvalue weighted by Crippen LogP contribution is 2.35. The minimum absolute atomic E-state index is 0.228. The zero-order valence-electron chi connectivity index (χ0n) is 12.2. The molecule has 104 valence electrons. The molecule has 0 spiro atoms. The molecule has 0 saturated heterocycles. The average Bonchev–Trinajstić information content (AvgIpc) is 2.46. The van der Waals surface area contributed by atoms with Crippen LogP contribution < -0.4 is 4.74 Å². The van der Waals surface area contributed by atoms with Crippen LogP contribution >= 0.6 is 0 Å². The van der Waals surface area contributed by atoms with Gasteiger partial charge in [-0.15, -0.1) is 0 Å². The van der Waals surface area contributed by atoms with Crippen molar-refractivity contribution in [3.05, 3.63) is 29.3 Å². The summed E-state index contributed by atoms with van der Waals surface area (Å²) in [6, 6.07) is 5.80. The molecule has 0 bridgehead atoms. The van der Waals surface area contributed by atoms with Gasteiger partial charge in [0.1, 0.15) is 5.75 Å². The average molecular weight is 260 g/mol. The van der Waals surface area contributed by atoms with Gasteiger partial charge in [0, 0.05) is 11.5 Å². The van der Waals surface area contributed by atoms with Crippen LogP contribution in [0.15, 0.2) is 18.2 Å². The molecule has 2 rings (SSSR count). The van der Waals surface area contributed by atoms with Crippen molar-refractivity contribution in [2.45, 2.75) is 46.0 Å². The van der Waals surface area contributed by atoms with E-state index in [0.29, 0.717) is 11.7 Å². The molecule has 1 aliphatic carbocycles. The fourth-order valence-electron chi connectivity index (χ4n) is 3.29. The van der Waals surface area contributed by atoms with E-state index in [-0.39, 0.29) is 5.92 Å². The summed E-state index contributed by atoms with van der Waals surface area (Å²) in [4.78, 5) is 12.7. The van der Waals surface area contributed by atoms with Gasteiger partial charge in [0.15, 0.2) is 5.78 Å². The Kier molecular flexibility index (Phi) is 4.62. The molecule has 0 heterocycles. The van der Waals surface area contributed by atoms with E-state index in [4.69, 9.17) is 4.74 Å². The van der Waals surface area contributed by atoms with Crippen LogP contribution in [0.4, 0.5) is 0 Å². The molecular formula is C17H24O2. The van der Waals surface area contributed by atoms with Crippen molar-refractivity contribution in [1.29, 1.82) is 0 Å². The number of carbonyl (C=O) groups excluding carboxylic acids is 1. The maximum Gasteiger partial charge on any atom is 0.166 e. The standard InChI is InChI=1S/C17H24O2/c1-4-13-7-5-6-8-15(13)17(18)14-9-10-16(19-3)12(2)11-14/h9-11,13,15H,4-8H2,1-3H3. The monoisotopic (exact) mass is 260 g/mol. The largest absolute Gasteiger partial charge is 0.496 e. The van der Waals surface area contributed by atoms with Crippen LogP contribution in [0, 0.1) is 18.8 Å². The number of benzene rings is 1. The quantitative estimate of drug-likeness (QED) is 0.750. The second kappa shape index (κ2) is 6.23. The molecule has 2 unspecified atom stereocenters. The Morgan fingerprint density at radius 3 is 2.68 bits per heavy atom. The minimum Gasteiger partial charge on any atom is -0.496 e. The maximum absolute atomic E-state index is 12.7. The Morgan fingerprint density at radius 1 is 1.32 bits per heavy atom. The number of ketones is 1. The van der Waals surface area contributed by atoms with Crippen molar-refractivity contribution in [3.8, 4) is 5.75 Å². The van der Waals surface area contributed by atoms with Crippen molar-refractivity contribution < 1.29 is 9.53 Å². The van der Waals surface area contributed by atoms with Gasteiger partial charge in [0.25, 0.3) is 0 Å². The Labute approximate surface area is 116 Å². The second-order valence-electron chi connectivity index (χ2n) is 5.61. The first-order valence-corrected chi connectivity index (χ1v) is 7.36. The Bertz CT molecular complexity index is 451. The Balaban J connectivity index is 2.20. The number of hydrogen-bond acceptors (Lipinski definition) is 2. The lowest BCUT2D eigenvalue weighted by molar-refractivity contribution is 0.0820. The van der Waals surface area contributed by atoms with Gasteiger partial charge < -0.3 is 4.74 Å². The van der Waals surface area contributed by atoms with E-state index in [2.05, 4.69) is 6.92 Å². The summed E-state index contributed by atoms with van der Waals surface area (Å²) in [5, 5.41) is 0. The Morgan fingerprint density at radius 2 is 2.05 bits per heavy atom. The smallest absolute Gasteiger partial charge is 0.166 e. The maximum atomic E-state index is 12.7. The fourth-order valence-corrected chi connectivity index (χ4v) is 3.29. The molecule has 0 N–H and O–H groups in total.